The molecule has 0 aromatic carbocycles. The van der Waals surface area contributed by atoms with Crippen LogP contribution >= 0.6 is 0 Å². The summed E-state index contributed by atoms with van der Waals surface area (Å²) in [5.41, 5.74) is 0. The number of rotatable bonds is 53. The largest absolute Gasteiger partial charge is 0.454 e. The topological polar surface area (TPSA) is 175 Å². The summed E-state index contributed by atoms with van der Waals surface area (Å²) in [6, 6.07) is -1.04. The molecular weight excluding hydrogens is 979 g/mol. The maximum Gasteiger partial charge on any atom is 0.306 e. The molecule has 11 heteroatoms. The quantitative estimate of drug-likeness (QED) is 0.0195. The second-order valence-electron chi connectivity index (χ2n) is 21.8. The average Bonchev–Trinajstić information content (AvgIpc) is 3.45. The van der Waals surface area contributed by atoms with Crippen molar-refractivity contribution in [3.8, 4) is 0 Å². The van der Waals surface area contributed by atoms with Crippen molar-refractivity contribution < 1.29 is 49.3 Å². The standard InChI is InChI=1S/C67H117NO10/c1-4-7-10-13-16-19-22-25-27-28-29-30-31-32-33-34-36-39-42-45-48-51-54-60(71)66(75)68-58(59(70)53-50-47-44-41-38-35-24-21-18-15-12-9-6-3)57-76-67-65(64(74)63(73)61(56-69)77-67)78-62(72)55-52-49-46-43-40-37-26-23-20-17-14-11-8-5-2/h7,10,16,19,25,27,29-30,32-33,37,40,50,53,58-61,63-65,67,69-71,73-74H,4-6,8-9,11-15,17-18,20-24,26,28,31,34-36,38-39,41-49,51-52,54-57H2,1-3H3,(H,68,75)/b10-7-,19-16-,27-25-,30-29-,33-32-,40-37-,53-50+. The number of unbranched alkanes of at least 4 members (excludes halogenated alkanes) is 27. The lowest BCUT2D eigenvalue weighted by Gasteiger charge is -2.41. The van der Waals surface area contributed by atoms with Gasteiger partial charge in [0, 0.05) is 6.42 Å². The van der Waals surface area contributed by atoms with Gasteiger partial charge in [-0.1, -0.05) is 247 Å². The number of hydrogen-bond acceptors (Lipinski definition) is 10. The minimum absolute atomic E-state index is 0.0994. The van der Waals surface area contributed by atoms with Crippen molar-refractivity contribution in [2.45, 2.75) is 314 Å². The molecule has 0 aliphatic carbocycles. The smallest absolute Gasteiger partial charge is 0.306 e. The molecule has 0 aromatic heterocycles. The van der Waals surface area contributed by atoms with E-state index in [4.69, 9.17) is 14.2 Å². The van der Waals surface area contributed by atoms with Crippen molar-refractivity contribution in [1.82, 2.24) is 5.32 Å². The Bertz CT molecular complexity index is 1590. The Morgan fingerprint density at radius 3 is 1.40 bits per heavy atom. The van der Waals surface area contributed by atoms with Gasteiger partial charge < -0.3 is 45.1 Å². The van der Waals surface area contributed by atoms with Crippen LogP contribution in [0.5, 0.6) is 0 Å². The van der Waals surface area contributed by atoms with E-state index in [-0.39, 0.29) is 19.4 Å². The highest BCUT2D eigenvalue weighted by molar-refractivity contribution is 5.80. The van der Waals surface area contributed by atoms with E-state index < -0.39 is 67.4 Å². The first kappa shape index (κ1) is 72.9. The second-order valence-corrected chi connectivity index (χ2v) is 21.8. The molecule has 1 aliphatic heterocycles. The van der Waals surface area contributed by atoms with Crippen LogP contribution in [0.15, 0.2) is 85.1 Å². The van der Waals surface area contributed by atoms with E-state index in [1.54, 1.807) is 6.08 Å². The Labute approximate surface area is 476 Å². The zero-order chi connectivity index (χ0) is 56.8. The van der Waals surface area contributed by atoms with Gasteiger partial charge in [-0.3, -0.25) is 9.59 Å². The summed E-state index contributed by atoms with van der Waals surface area (Å²) in [5.74, 6) is -1.22. The molecule has 8 atom stereocenters. The van der Waals surface area contributed by atoms with Crippen molar-refractivity contribution in [2.75, 3.05) is 13.2 Å². The van der Waals surface area contributed by atoms with Crippen LogP contribution in [0.3, 0.4) is 0 Å². The van der Waals surface area contributed by atoms with Gasteiger partial charge in [-0.2, -0.15) is 0 Å². The normalized spacial score (nSPS) is 19.5. The van der Waals surface area contributed by atoms with Gasteiger partial charge in [0.1, 0.15) is 24.4 Å². The molecule has 1 fully saturated rings. The number of carbonyl (C=O) groups excluding carboxylic acids is 2. The first-order chi connectivity index (χ1) is 38.2. The molecule has 450 valence electrons. The van der Waals surface area contributed by atoms with Crippen LogP contribution in [0.4, 0.5) is 0 Å². The summed E-state index contributed by atoms with van der Waals surface area (Å²) in [6.45, 7) is 5.66. The molecule has 1 saturated heterocycles. The lowest BCUT2D eigenvalue weighted by atomic mass is 9.99. The van der Waals surface area contributed by atoms with Gasteiger partial charge in [-0.25, -0.2) is 0 Å². The molecule has 0 aromatic rings. The third kappa shape index (κ3) is 41.8. The maximum atomic E-state index is 13.4. The van der Waals surface area contributed by atoms with E-state index in [9.17, 15) is 35.1 Å². The summed E-state index contributed by atoms with van der Waals surface area (Å²) in [5, 5.41) is 57.0. The average molecular weight is 1100 g/mol. The van der Waals surface area contributed by atoms with Gasteiger partial charge >= 0.3 is 5.97 Å². The zero-order valence-electron chi connectivity index (χ0n) is 49.8. The molecule has 1 heterocycles. The molecule has 1 amide bonds. The molecule has 8 unspecified atom stereocenters. The first-order valence-corrected chi connectivity index (χ1v) is 31.9. The fraction of sp³-hybridized carbons (Fsp3) is 0.761. The number of hydrogen-bond donors (Lipinski definition) is 6. The summed E-state index contributed by atoms with van der Waals surface area (Å²) in [6.07, 6.45) is 60.4. The van der Waals surface area contributed by atoms with E-state index in [2.05, 4.69) is 99.0 Å². The Hall–Kier alpha value is -3.16. The SMILES string of the molecule is CC/C=C\C/C=C\C/C=C\C/C=C\C/C=C\CCCCCCCCC(O)C(=O)NC(COC1OC(CO)C(O)C(O)C1OC(=O)CCCCC/C=C\CCCCCCCCC)C(O)/C=C/CCCCCCCCCCCCC. The predicted molar refractivity (Wildman–Crippen MR) is 324 cm³/mol. The third-order valence-corrected chi connectivity index (χ3v) is 14.5. The van der Waals surface area contributed by atoms with Crippen LogP contribution in [0, 0.1) is 0 Å². The van der Waals surface area contributed by atoms with Crippen molar-refractivity contribution >= 4 is 11.9 Å². The molecule has 0 spiro atoms. The molecule has 6 N–H and O–H groups in total. The van der Waals surface area contributed by atoms with E-state index in [1.165, 1.54) is 103 Å². The minimum atomic E-state index is -1.62. The molecule has 1 aliphatic rings. The van der Waals surface area contributed by atoms with Crippen LogP contribution in [-0.4, -0.2) is 99.6 Å². The third-order valence-electron chi connectivity index (χ3n) is 14.5. The van der Waals surface area contributed by atoms with Gasteiger partial charge in [0.25, 0.3) is 0 Å². The minimum Gasteiger partial charge on any atom is -0.454 e. The molecule has 1 rings (SSSR count). The number of allylic oxidation sites excluding steroid dienone is 13. The van der Waals surface area contributed by atoms with Gasteiger partial charge in [0.2, 0.25) is 5.91 Å². The number of aliphatic hydroxyl groups is 5. The Balaban J connectivity index is 2.69. The highest BCUT2D eigenvalue weighted by atomic mass is 16.7. The van der Waals surface area contributed by atoms with Gasteiger partial charge in [-0.05, 0) is 96.3 Å². The van der Waals surface area contributed by atoms with E-state index in [0.717, 1.165) is 116 Å². The molecule has 11 nitrogen and oxygen atoms in total. The van der Waals surface area contributed by atoms with Gasteiger partial charge in [0.15, 0.2) is 12.4 Å². The highest BCUT2D eigenvalue weighted by Crippen LogP contribution is 2.26. The van der Waals surface area contributed by atoms with Crippen LogP contribution in [-0.2, 0) is 23.8 Å². The summed E-state index contributed by atoms with van der Waals surface area (Å²) < 4.78 is 17.6. The fourth-order valence-electron chi connectivity index (χ4n) is 9.50. The van der Waals surface area contributed by atoms with Gasteiger partial charge in [-0.15, -0.1) is 0 Å². The first-order valence-electron chi connectivity index (χ1n) is 31.9. The lowest BCUT2D eigenvalue weighted by molar-refractivity contribution is -0.305. The van der Waals surface area contributed by atoms with Crippen LogP contribution in [0.1, 0.15) is 265 Å². The number of amides is 1. The Morgan fingerprint density at radius 2 is 0.923 bits per heavy atom. The predicted octanol–water partition coefficient (Wildman–Crippen LogP) is 15.3. The van der Waals surface area contributed by atoms with Crippen molar-refractivity contribution in [1.29, 1.82) is 0 Å². The van der Waals surface area contributed by atoms with Crippen molar-refractivity contribution in [3.05, 3.63) is 85.1 Å². The number of aliphatic hydroxyl groups excluding tert-OH is 5. The second kappa shape index (κ2) is 54.4. The maximum absolute atomic E-state index is 13.4. The Kier molecular flexibility index (Phi) is 50.8. The number of nitrogens with one attached hydrogen (secondary N) is 1. The summed E-state index contributed by atoms with van der Waals surface area (Å²) in [7, 11) is 0. The monoisotopic (exact) mass is 1100 g/mol. The summed E-state index contributed by atoms with van der Waals surface area (Å²) in [4.78, 5) is 26.5. The zero-order valence-corrected chi connectivity index (χ0v) is 49.8. The Morgan fingerprint density at radius 1 is 0.513 bits per heavy atom. The van der Waals surface area contributed by atoms with E-state index in [0.29, 0.717) is 12.8 Å². The number of carbonyl (C=O) groups is 2. The van der Waals surface area contributed by atoms with Crippen molar-refractivity contribution in [3.63, 3.8) is 0 Å². The van der Waals surface area contributed by atoms with Crippen LogP contribution in [0.25, 0.3) is 0 Å². The molecule has 0 radical (unpaired) electrons. The lowest BCUT2D eigenvalue weighted by Crippen LogP contribution is -2.61. The highest BCUT2D eigenvalue weighted by Gasteiger charge is 2.47. The van der Waals surface area contributed by atoms with Gasteiger partial charge in [0.05, 0.1) is 25.4 Å². The van der Waals surface area contributed by atoms with Crippen molar-refractivity contribution in [2.24, 2.45) is 0 Å². The number of ether oxygens (including phenoxy) is 3. The summed E-state index contributed by atoms with van der Waals surface area (Å²) >= 11 is 0. The molecule has 0 bridgehead atoms. The molecule has 78 heavy (non-hydrogen) atoms. The molecule has 0 saturated carbocycles. The van der Waals surface area contributed by atoms with Crippen LogP contribution < -0.4 is 5.32 Å². The fourth-order valence-corrected chi connectivity index (χ4v) is 9.50. The van der Waals surface area contributed by atoms with Crippen LogP contribution in [0.2, 0.25) is 0 Å². The van der Waals surface area contributed by atoms with E-state index >= 15 is 0 Å². The molecular formula is C67H117NO10. The van der Waals surface area contributed by atoms with E-state index in [1.807, 2.05) is 6.08 Å². The number of esters is 1.